The van der Waals surface area contributed by atoms with Crippen molar-refractivity contribution in [2.75, 3.05) is 19.1 Å². The highest BCUT2D eigenvalue weighted by molar-refractivity contribution is 7.22. The van der Waals surface area contributed by atoms with Crippen molar-refractivity contribution in [3.8, 4) is 11.5 Å². The van der Waals surface area contributed by atoms with Gasteiger partial charge in [0.25, 0.3) is 5.91 Å². The molecule has 180 valence electrons. The van der Waals surface area contributed by atoms with Crippen molar-refractivity contribution < 1.29 is 24.2 Å². The molecule has 1 N–H and O–H groups in total. The molecule has 1 unspecified atom stereocenters. The fourth-order valence-corrected chi connectivity index (χ4v) is 5.13. The van der Waals surface area contributed by atoms with Crippen LogP contribution >= 0.6 is 11.3 Å². The first kappa shape index (κ1) is 23.3. The molecule has 0 aliphatic carbocycles. The summed E-state index contributed by atoms with van der Waals surface area (Å²) in [5, 5.41) is 11.3. The smallest absolute Gasteiger partial charge is 0.296 e. The Balaban J connectivity index is 1.60. The number of thiazole rings is 1. The van der Waals surface area contributed by atoms with Gasteiger partial charge in [-0.05, 0) is 47.5 Å². The normalized spacial score (nSPS) is 15.8. The van der Waals surface area contributed by atoms with E-state index in [1.54, 1.807) is 56.7 Å². The summed E-state index contributed by atoms with van der Waals surface area (Å²) >= 11 is 1.28. The van der Waals surface area contributed by atoms with E-state index in [1.807, 2.05) is 36.4 Å². The van der Waals surface area contributed by atoms with Crippen LogP contribution in [-0.2, 0) is 9.59 Å². The minimum Gasteiger partial charge on any atom is -0.503 e. The van der Waals surface area contributed by atoms with Gasteiger partial charge in [-0.3, -0.25) is 14.5 Å². The molecule has 0 radical (unpaired) electrons. The molecule has 2 heterocycles. The fraction of sp³-hybridized carbons (Fsp3) is 0.107. The predicted molar refractivity (Wildman–Crippen MR) is 140 cm³/mol. The number of aromatic nitrogens is 1. The number of ether oxygens (including phenoxy) is 2. The van der Waals surface area contributed by atoms with Crippen LogP contribution in [0.15, 0.2) is 90.2 Å². The molecular formula is C28H22N2O5S. The van der Waals surface area contributed by atoms with Gasteiger partial charge in [0.15, 0.2) is 16.7 Å². The number of methoxy groups -OCH3 is 2. The summed E-state index contributed by atoms with van der Waals surface area (Å²) in [5.41, 5.74) is 2.14. The van der Waals surface area contributed by atoms with Crippen LogP contribution in [0.3, 0.4) is 0 Å². The van der Waals surface area contributed by atoms with Gasteiger partial charge in [-0.1, -0.05) is 59.9 Å². The third-order valence-electron chi connectivity index (χ3n) is 5.92. The number of carbonyl (C=O) groups excluding carboxylic acids is 2. The summed E-state index contributed by atoms with van der Waals surface area (Å²) in [6, 6.07) is 20.9. The molecule has 0 saturated heterocycles. The number of hydrogen-bond donors (Lipinski definition) is 1. The van der Waals surface area contributed by atoms with Crippen LogP contribution in [0, 0.1) is 0 Å². The number of aliphatic hydroxyl groups excluding tert-OH is 1. The maximum absolute atomic E-state index is 13.4. The number of hydrogen-bond acceptors (Lipinski definition) is 7. The van der Waals surface area contributed by atoms with E-state index in [1.165, 1.54) is 22.3 Å². The van der Waals surface area contributed by atoms with Crippen LogP contribution in [0.5, 0.6) is 11.5 Å². The number of fused-ring (bicyclic) bond motifs is 1. The first-order valence-corrected chi connectivity index (χ1v) is 11.9. The van der Waals surface area contributed by atoms with Crippen LogP contribution < -0.4 is 14.4 Å². The zero-order valence-corrected chi connectivity index (χ0v) is 20.4. The molecule has 1 aliphatic heterocycles. The summed E-state index contributed by atoms with van der Waals surface area (Å²) < 4.78 is 11.4. The Kier molecular flexibility index (Phi) is 6.26. The molecule has 1 aromatic heterocycles. The van der Waals surface area contributed by atoms with Crippen LogP contribution in [0.25, 0.3) is 16.3 Å². The summed E-state index contributed by atoms with van der Waals surface area (Å²) in [6.07, 6.45) is 3.03. The molecular weight excluding hydrogens is 476 g/mol. The summed E-state index contributed by atoms with van der Waals surface area (Å²) in [4.78, 5) is 32.7. The summed E-state index contributed by atoms with van der Waals surface area (Å²) in [6.45, 7) is 0. The molecule has 5 rings (SSSR count). The highest BCUT2D eigenvalue weighted by Crippen LogP contribution is 2.44. The lowest BCUT2D eigenvalue weighted by Gasteiger charge is -2.24. The zero-order chi connectivity index (χ0) is 25.2. The highest BCUT2D eigenvalue weighted by Gasteiger charge is 2.45. The standard InChI is InChI=1S/C28H22N2O5S/c1-34-19-11-9-18(10-12-19)25-24(22(31)15-8-17-6-4-3-5-7-17)26(32)27(33)30(25)28-29-21-14-13-20(35-2)16-23(21)36-28/h3-16,25,32H,1-2H3/b15-8+. The maximum atomic E-state index is 13.4. The molecule has 0 bridgehead atoms. The van der Waals surface area contributed by atoms with Crippen molar-refractivity contribution in [2.45, 2.75) is 6.04 Å². The SMILES string of the molecule is COc1ccc(C2C(C(=O)/C=C/c3ccccc3)=C(O)C(=O)N2c2nc3ccc(OC)cc3s2)cc1. The van der Waals surface area contributed by atoms with E-state index in [0.717, 1.165) is 10.3 Å². The third-order valence-corrected chi connectivity index (χ3v) is 6.94. The Morgan fingerprint density at radius 1 is 1.00 bits per heavy atom. The van der Waals surface area contributed by atoms with Crippen LogP contribution in [0.4, 0.5) is 5.13 Å². The van der Waals surface area contributed by atoms with Crippen LogP contribution in [0.1, 0.15) is 17.2 Å². The number of benzene rings is 3. The fourth-order valence-electron chi connectivity index (χ4n) is 4.10. The molecule has 8 heteroatoms. The molecule has 1 amide bonds. The van der Waals surface area contributed by atoms with Gasteiger partial charge in [0.2, 0.25) is 0 Å². The Morgan fingerprint density at radius 2 is 1.69 bits per heavy atom. The second kappa shape index (κ2) is 9.67. The van der Waals surface area contributed by atoms with Crippen molar-refractivity contribution >= 4 is 44.5 Å². The molecule has 1 atom stereocenters. The molecule has 4 aromatic rings. The van der Waals surface area contributed by atoms with Gasteiger partial charge in [0.1, 0.15) is 11.5 Å². The molecule has 7 nitrogen and oxygen atoms in total. The van der Waals surface area contributed by atoms with E-state index in [0.29, 0.717) is 27.7 Å². The second-order valence-electron chi connectivity index (χ2n) is 8.05. The Bertz CT molecular complexity index is 1510. The van der Waals surface area contributed by atoms with Crippen molar-refractivity contribution in [1.29, 1.82) is 0 Å². The minimum absolute atomic E-state index is 0.00538. The van der Waals surface area contributed by atoms with Crippen molar-refractivity contribution in [3.05, 3.63) is 101 Å². The van der Waals surface area contributed by atoms with Gasteiger partial charge in [-0.25, -0.2) is 4.98 Å². The van der Waals surface area contributed by atoms with E-state index in [4.69, 9.17) is 9.47 Å². The number of rotatable bonds is 7. The average Bonchev–Trinajstić information content (AvgIpc) is 3.45. The number of amides is 1. The molecule has 0 fully saturated rings. The Morgan fingerprint density at radius 3 is 2.39 bits per heavy atom. The third kappa shape index (κ3) is 4.23. The zero-order valence-electron chi connectivity index (χ0n) is 19.5. The van der Waals surface area contributed by atoms with Crippen molar-refractivity contribution in [2.24, 2.45) is 0 Å². The molecule has 36 heavy (non-hydrogen) atoms. The van der Waals surface area contributed by atoms with Crippen LogP contribution in [-0.4, -0.2) is 36.0 Å². The number of aliphatic hydroxyl groups is 1. The minimum atomic E-state index is -0.862. The van der Waals surface area contributed by atoms with E-state index in [2.05, 4.69) is 4.98 Å². The second-order valence-corrected chi connectivity index (χ2v) is 9.06. The quantitative estimate of drug-likeness (QED) is 0.339. The predicted octanol–water partition coefficient (Wildman–Crippen LogP) is 5.50. The Labute approximate surface area is 211 Å². The van der Waals surface area contributed by atoms with Gasteiger partial charge in [-0.2, -0.15) is 0 Å². The lowest BCUT2D eigenvalue weighted by molar-refractivity contribution is -0.117. The first-order valence-electron chi connectivity index (χ1n) is 11.1. The number of anilines is 1. The molecule has 0 spiro atoms. The van der Waals surface area contributed by atoms with Crippen molar-refractivity contribution in [3.63, 3.8) is 0 Å². The molecule has 3 aromatic carbocycles. The molecule has 0 saturated carbocycles. The summed E-state index contributed by atoms with van der Waals surface area (Å²) in [7, 11) is 3.14. The lowest BCUT2D eigenvalue weighted by atomic mass is 9.95. The lowest BCUT2D eigenvalue weighted by Crippen LogP contribution is -2.30. The number of nitrogens with zero attached hydrogens (tertiary/aromatic N) is 2. The van der Waals surface area contributed by atoms with Crippen molar-refractivity contribution in [1.82, 2.24) is 4.98 Å². The number of carbonyl (C=O) groups is 2. The number of allylic oxidation sites excluding steroid dienone is 1. The topological polar surface area (TPSA) is 89.0 Å². The first-order chi connectivity index (χ1) is 17.5. The van der Waals surface area contributed by atoms with Gasteiger partial charge in [0, 0.05) is 0 Å². The van der Waals surface area contributed by atoms with Gasteiger partial charge < -0.3 is 14.6 Å². The molecule has 1 aliphatic rings. The monoisotopic (exact) mass is 498 g/mol. The average molecular weight is 499 g/mol. The summed E-state index contributed by atoms with van der Waals surface area (Å²) in [5.74, 6) is -0.434. The van der Waals surface area contributed by atoms with E-state index >= 15 is 0 Å². The maximum Gasteiger partial charge on any atom is 0.296 e. The van der Waals surface area contributed by atoms with E-state index in [-0.39, 0.29) is 5.57 Å². The van der Waals surface area contributed by atoms with Crippen LogP contribution in [0.2, 0.25) is 0 Å². The van der Waals surface area contributed by atoms with E-state index < -0.39 is 23.5 Å². The van der Waals surface area contributed by atoms with Gasteiger partial charge >= 0.3 is 0 Å². The highest BCUT2D eigenvalue weighted by atomic mass is 32.1. The van der Waals surface area contributed by atoms with E-state index in [9.17, 15) is 14.7 Å². The van der Waals surface area contributed by atoms with Gasteiger partial charge in [-0.15, -0.1) is 0 Å². The Hall–Kier alpha value is -4.43. The largest absolute Gasteiger partial charge is 0.503 e. The number of ketones is 1. The van der Waals surface area contributed by atoms with Gasteiger partial charge in [0.05, 0.1) is 36.1 Å².